The van der Waals surface area contributed by atoms with Crippen LogP contribution in [0.3, 0.4) is 0 Å². The fourth-order valence-corrected chi connectivity index (χ4v) is 3.30. The first-order valence-corrected chi connectivity index (χ1v) is 8.30. The van der Waals surface area contributed by atoms with Crippen LogP contribution in [-0.4, -0.2) is 34.6 Å². The lowest BCUT2D eigenvalue weighted by atomic mass is 9.97. The number of aromatic nitrogens is 1. The predicted molar refractivity (Wildman–Crippen MR) is 94.5 cm³/mol. The van der Waals surface area contributed by atoms with Gasteiger partial charge in [-0.1, -0.05) is 11.6 Å². The van der Waals surface area contributed by atoms with Crippen LogP contribution in [0.15, 0.2) is 30.5 Å². The molecule has 0 atom stereocenters. The molecule has 0 bridgehead atoms. The van der Waals surface area contributed by atoms with Crippen LogP contribution in [0.2, 0.25) is 0 Å². The Morgan fingerprint density at radius 2 is 1.86 bits per heavy atom. The zero-order valence-electron chi connectivity index (χ0n) is 14.2. The van der Waals surface area contributed by atoms with Gasteiger partial charge in [-0.3, -0.25) is 9.88 Å². The molecule has 0 radical (unpaired) electrons. The number of likely N-dealkylation sites (tertiary alicyclic amines) is 1. The molecule has 3 rings (SSSR count). The van der Waals surface area contributed by atoms with Gasteiger partial charge in [-0.2, -0.15) is 0 Å². The van der Waals surface area contributed by atoms with Crippen LogP contribution in [0.25, 0.3) is 10.9 Å². The summed E-state index contributed by atoms with van der Waals surface area (Å²) >= 11 is 0. The highest BCUT2D eigenvalue weighted by molar-refractivity contribution is 5.91. The van der Waals surface area contributed by atoms with Gasteiger partial charge in [0.1, 0.15) is 0 Å². The highest BCUT2D eigenvalue weighted by Crippen LogP contribution is 2.26. The second-order valence-corrected chi connectivity index (χ2v) is 7.46. The largest absolute Gasteiger partial charge is 0.382 e. The zero-order valence-corrected chi connectivity index (χ0v) is 14.2. The van der Waals surface area contributed by atoms with Crippen molar-refractivity contribution in [3.8, 4) is 0 Å². The quantitative estimate of drug-likeness (QED) is 0.899. The van der Waals surface area contributed by atoms with Crippen molar-refractivity contribution in [1.82, 2.24) is 9.88 Å². The van der Waals surface area contributed by atoms with E-state index in [2.05, 4.69) is 67.2 Å². The van der Waals surface area contributed by atoms with Crippen LogP contribution in [0.1, 0.15) is 39.2 Å². The van der Waals surface area contributed by atoms with Crippen LogP contribution >= 0.6 is 0 Å². The maximum Gasteiger partial charge on any atom is 0.0722 e. The van der Waals surface area contributed by atoms with E-state index in [1.807, 2.05) is 6.20 Å². The Hall–Kier alpha value is -1.61. The molecule has 2 aromatic rings. The van der Waals surface area contributed by atoms with Crippen LogP contribution in [0.4, 0.5) is 5.69 Å². The highest BCUT2D eigenvalue weighted by atomic mass is 15.2. The summed E-state index contributed by atoms with van der Waals surface area (Å²) < 4.78 is 0. The highest BCUT2D eigenvalue weighted by Gasteiger charge is 2.26. The lowest BCUT2D eigenvalue weighted by Crippen LogP contribution is -2.48. The molecule has 0 spiro atoms. The molecule has 0 amide bonds. The standard InChI is InChI=1S/C19H27N3/c1-14-5-6-17-16(13-14)18(7-10-20-17)21-15-8-11-22(12-9-15)19(2,3)4/h5-7,10,13,15H,8-9,11-12H2,1-4H3,(H,20,21). The molecule has 1 aliphatic heterocycles. The minimum atomic E-state index is 0.283. The average Bonchev–Trinajstić information content (AvgIpc) is 2.47. The Morgan fingerprint density at radius 3 is 2.55 bits per heavy atom. The number of piperidine rings is 1. The smallest absolute Gasteiger partial charge is 0.0722 e. The van der Waals surface area contributed by atoms with Crippen molar-refractivity contribution in [2.45, 2.75) is 52.1 Å². The van der Waals surface area contributed by atoms with Gasteiger partial charge in [-0.25, -0.2) is 0 Å². The number of benzene rings is 1. The summed E-state index contributed by atoms with van der Waals surface area (Å²) in [5.41, 5.74) is 3.86. The van der Waals surface area contributed by atoms with Crippen molar-refractivity contribution in [3.63, 3.8) is 0 Å². The summed E-state index contributed by atoms with van der Waals surface area (Å²) in [6, 6.07) is 9.14. The fourth-order valence-electron chi connectivity index (χ4n) is 3.30. The summed E-state index contributed by atoms with van der Waals surface area (Å²) in [6.07, 6.45) is 4.31. The molecule has 118 valence electrons. The summed E-state index contributed by atoms with van der Waals surface area (Å²) in [7, 11) is 0. The van der Waals surface area contributed by atoms with Crippen molar-refractivity contribution >= 4 is 16.6 Å². The van der Waals surface area contributed by atoms with Gasteiger partial charge in [0.25, 0.3) is 0 Å². The molecule has 1 N–H and O–H groups in total. The normalized spacial score (nSPS) is 17.8. The van der Waals surface area contributed by atoms with Gasteiger partial charge in [0.2, 0.25) is 0 Å². The number of rotatable bonds is 2. The molecule has 22 heavy (non-hydrogen) atoms. The van der Waals surface area contributed by atoms with Gasteiger partial charge in [-0.15, -0.1) is 0 Å². The number of hydrogen-bond donors (Lipinski definition) is 1. The van der Waals surface area contributed by atoms with Crippen LogP contribution in [-0.2, 0) is 0 Å². The molecule has 3 nitrogen and oxygen atoms in total. The molecule has 1 fully saturated rings. The van der Waals surface area contributed by atoms with Gasteiger partial charge in [0.05, 0.1) is 5.52 Å². The average molecular weight is 297 g/mol. The topological polar surface area (TPSA) is 28.2 Å². The first-order chi connectivity index (χ1) is 10.4. The third-order valence-corrected chi connectivity index (χ3v) is 4.70. The van der Waals surface area contributed by atoms with Crippen LogP contribution in [0, 0.1) is 6.92 Å². The molecule has 1 aromatic heterocycles. The molecular formula is C19H27N3. The third-order valence-electron chi connectivity index (χ3n) is 4.70. The van der Waals surface area contributed by atoms with Gasteiger partial charge < -0.3 is 5.32 Å². The second-order valence-electron chi connectivity index (χ2n) is 7.46. The minimum Gasteiger partial charge on any atom is -0.382 e. The molecule has 0 saturated carbocycles. The van der Waals surface area contributed by atoms with Crippen LogP contribution in [0.5, 0.6) is 0 Å². The number of nitrogens with zero attached hydrogens (tertiary/aromatic N) is 2. The van der Waals surface area contributed by atoms with E-state index in [9.17, 15) is 0 Å². The van der Waals surface area contributed by atoms with E-state index in [1.54, 1.807) is 0 Å². The molecule has 0 unspecified atom stereocenters. The molecule has 1 aliphatic rings. The maximum atomic E-state index is 4.47. The Labute approximate surface area is 133 Å². The lowest BCUT2D eigenvalue weighted by molar-refractivity contribution is 0.106. The van der Waals surface area contributed by atoms with E-state index >= 15 is 0 Å². The molecular weight excluding hydrogens is 270 g/mol. The summed E-state index contributed by atoms with van der Waals surface area (Å²) in [4.78, 5) is 7.06. The minimum absolute atomic E-state index is 0.283. The number of hydrogen-bond acceptors (Lipinski definition) is 3. The summed E-state index contributed by atoms with van der Waals surface area (Å²) in [5, 5.41) is 4.99. The first kappa shape index (κ1) is 15.3. The molecule has 2 heterocycles. The fraction of sp³-hybridized carbons (Fsp3) is 0.526. The van der Waals surface area contributed by atoms with E-state index in [0.29, 0.717) is 6.04 Å². The number of aryl methyl sites for hydroxylation is 1. The van der Waals surface area contributed by atoms with E-state index in [0.717, 1.165) is 5.52 Å². The van der Waals surface area contributed by atoms with Gasteiger partial charge in [0.15, 0.2) is 0 Å². The monoisotopic (exact) mass is 297 g/mol. The zero-order chi connectivity index (χ0) is 15.7. The summed E-state index contributed by atoms with van der Waals surface area (Å²) in [6.45, 7) is 11.4. The molecule has 1 aromatic carbocycles. The molecule has 1 saturated heterocycles. The Balaban J connectivity index is 1.74. The van der Waals surface area contributed by atoms with E-state index in [-0.39, 0.29) is 5.54 Å². The van der Waals surface area contributed by atoms with Crippen molar-refractivity contribution in [2.75, 3.05) is 18.4 Å². The maximum absolute atomic E-state index is 4.47. The molecule has 0 aliphatic carbocycles. The second kappa shape index (κ2) is 5.88. The van der Waals surface area contributed by atoms with Gasteiger partial charge in [-0.05, 0) is 58.7 Å². The first-order valence-electron chi connectivity index (χ1n) is 8.30. The van der Waals surface area contributed by atoms with Gasteiger partial charge >= 0.3 is 0 Å². The van der Waals surface area contributed by atoms with E-state index < -0.39 is 0 Å². The number of fused-ring (bicyclic) bond motifs is 1. The SMILES string of the molecule is Cc1ccc2nccc(NC3CCN(C(C)(C)C)CC3)c2c1. The molecule has 3 heteroatoms. The van der Waals surface area contributed by atoms with Crippen molar-refractivity contribution < 1.29 is 0 Å². The Morgan fingerprint density at radius 1 is 1.14 bits per heavy atom. The Kier molecular flexibility index (Phi) is 4.09. The van der Waals surface area contributed by atoms with Crippen LogP contribution < -0.4 is 5.32 Å². The van der Waals surface area contributed by atoms with Crippen molar-refractivity contribution in [1.29, 1.82) is 0 Å². The third kappa shape index (κ3) is 3.25. The van der Waals surface area contributed by atoms with E-state index in [4.69, 9.17) is 0 Å². The van der Waals surface area contributed by atoms with E-state index in [1.165, 1.54) is 42.6 Å². The number of nitrogens with one attached hydrogen (secondary N) is 1. The lowest BCUT2D eigenvalue weighted by Gasteiger charge is -2.41. The number of pyridine rings is 1. The predicted octanol–water partition coefficient (Wildman–Crippen LogP) is 4.22. The van der Waals surface area contributed by atoms with Crippen molar-refractivity contribution in [2.24, 2.45) is 0 Å². The summed E-state index contributed by atoms with van der Waals surface area (Å²) in [5.74, 6) is 0. The van der Waals surface area contributed by atoms with Gasteiger partial charge in [0, 0.05) is 41.9 Å². The Bertz CT molecular complexity index is 649. The number of anilines is 1. The van der Waals surface area contributed by atoms with Crippen molar-refractivity contribution in [3.05, 3.63) is 36.0 Å².